The molecule has 0 spiro atoms. The Hall–Kier alpha value is -2.49. The minimum Gasteiger partial charge on any atom is -0.465 e. The van der Waals surface area contributed by atoms with Gasteiger partial charge < -0.3 is 9.67 Å². The van der Waals surface area contributed by atoms with Gasteiger partial charge in [0.25, 0.3) is 0 Å². The van der Waals surface area contributed by atoms with E-state index in [4.69, 9.17) is 4.98 Å². The van der Waals surface area contributed by atoms with Crippen LogP contribution in [0.2, 0.25) is 0 Å². The number of anilines is 1. The van der Waals surface area contributed by atoms with E-state index >= 15 is 0 Å². The molecule has 25 heavy (non-hydrogen) atoms. The first-order valence-electron chi connectivity index (χ1n) is 8.18. The Bertz CT molecular complexity index is 860. The summed E-state index contributed by atoms with van der Waals surface area (Å²) in [4.78, 5) is 36.0. The van der Waals surface area contributed by atoms with E-state index in [1.807, 2.05) is 18.4 Å². The molecule has 0 saturated carbocycles. The van der Waals surface area contributed by atoms with Gasteiger partial charge in [-0.3, -0.25) is 14.6 Å². The van der Waals surface area contributed by atoms with Crippen molar-refractivity contribution in [1.29, 1.82) is 0 Å². The van der Waals surface area contributed by atoms with Crippen LogP contribution in [0.1, 0.15) is 37.3 Å². The molecule has 0 aliphatic carbocycles. The summed E-state index contributed by atoms with van der Waals surface area (Å²) in [5.74, 6) is 1.92. The van der Waals surface area contributed by atoms with Gasteiger partial charge in [-0.2, -0.15) is 4.37 Å². The van der Waals surface area contributed by atoms with Gasteiger partial charge in [0.1, 0.15) is 5.82 Å². The van der Waals surface area contributed by atoms with Crippen molar-refractivity contribution in [2.24, 2.45) is 0 Å². The van der Waals surface area contributed by atoms with Crippen LogP contribution in [-0.2, 0) is 11.3 Å². The van der Waals surface area contributed by atoms with E-state index in [2.05, 4.69) is 9.36 Å². The van der Waals surface area contributed by atoms with Gasteiger partial charge in [-0.1, -0.05) is 0 Å². The summed E-state index contributed by atoms with van der Waals surface area (Å²) < 4.78 is 6.21. The molecule has 0 aromatic carbocycles. The Kier molecular flexibility index (Phi) is 3.71. The lowest BCUT2D eigenvalue weighted by Gasteiger charge is -2.33. The van der Waals surface area contributed by atoms with Crippen LogP contribution >= 0.6 is 11.5 Å². The molecule has 9 nitrogen and oxygen atoms in total. The summed E-state index contributed by atoms with van der Waals surface area (Å²) in [6.07, 6.45) is 0.318. The van der Waals surface area contributed by atoms with Crippen molar-refractivity contribution >= 4 is 29.4 Å². The molecular formula is C15H18N6O3S. The van der Waals surface area contributed by atoms with Gasteiger partial charge in [-0.25, -0.2) is 14.8 Å². The predicted octanol–water partition coefficient (Wildman–Crippen LogP) is 1.89. The maximum atomic E-state index is 12.3. The standard InChI is InChI=1S/C15H18N6O3S/c1-8-11-12(20-5-3-4-10(20)22)17-13(14-16-9(2)18-25-14)21(11)7-6-19(8)15(23)24/h8H,3-7H2,1-2H3,(H,23,24)/t8-/m1/s1. The van der Waals surface area contributed by atoms with Crippen molar-refractivity contribution in [3.63, 3.8) is 0 Å². The van der Waals surface area contributed by atoms with E-state index in [-0.39, 0.29) is 11.9 Å². The number of imidazole rings is 1. The van der Waals surface area contributed by atoms with Gasteiger partial charge in [0.2, 0.25) is 5.91 Å². The Morgan fingerprint density at radius 2 is 2.08 bits per heavy atom. The van der Waals surface area contributed by atoms with Crippen LogP contribution in [0.3, 0.4) is 0 Å². The van der Waals surface area contributed by atoms with Gasteiger partial charge in [0.05, 0.1) is 11.7 Å². The number of hydrogen-bond acceptors (Lipinski definition) is 6. The largest absolute Gasteiger partial charge is 0.465 e. The predicted molar refractivity (Wildman–Crippen MR) is 90.6 cm³/mol. The SMILES string of the molecule is Cc1nsc(-c2nc(N3CCCC3=O)c3n2CCN(C(=O)O)[C@@H]3C)n1. The Labute approximate surface area is 148 Å². The number of amides is 2. The number of carboxylic acid groups (broad SMARTS) is 1. The molecule has 0 bridgehead atoms. The molecule has 2 amide bonds. The van der Waals surface area contributed by atoms with Crippen molar-refractivity contribution in [1.82, 2.24) is 23.8 Å². The Morgan fingerprint density at radius 3 is 2.68 bits per heavy atom. The van der Waals surface area contributed by atoms with Crippen molar-refractivity contribution < 1.29 is 14.7 Å². The molecule has 2 aliphatic rings. The summed E-state index contributed by atoms with van der Waals surface area (Å²) in [6.45, 7) is 5.12. The van der Waals surface area contributed by atoms with Gasteiger partial charge >= 0.3 is 6.09 Å². The molecule has 1 saturated heterocycles. The fourth-order valence-corrected chi connectivity index (χ4v) is 4.19. The zero-order valence-corrected chi connectivity index (χ0v) is 14.8. The lowest BCUT2D eigenvalue weighted by Crippen LogP contribution is -2.41. The second-order valence-corrected chi connectivity index (χ2v) is 7.00. The van der Waals surface area contributed by atoms with Crippen LogP contribution in [0.25, 0.3) is 10.8 Å². The average molecular weight is 362 g/mol. The number of nitrogens with zero attached hydrogens (tertiary/aromatic N) is 6. The van der Waals surface area contributed by atoms with Crippen LogP contribution in [-0.4, -0.2) is 54.0 Å². The molecule has 132 valence electrons. The van der Waals surface area contributed by atoms with E-state index in [1.54, 1.807) is 4.90 Å². The molecule has 4 heterocycles. The Morgan fingerprint density at radius 1 is 1.28 bits per heavy atom. The molecule has 4 rings (SSSR count). The zero-order chi connectivity index (χ0) is 17.7. The zero-order valence-electron chi connectivity index (χ0n) is 14.0. The van der Waals surface area contributed by atoms with E-state index in [1.165, 1.54) is 16.4 Å². The quantitative estimate of drug-likeness (QED) is 0.875. The molecule has 1 fully saturated rings. The highest BCUT2D eigenvalue weighted by atomic mass is 32.1. The second-order valence-electron chi connectivity index (χ2n) is 6.24. The van der Waals surface area contributed by atoms with Crippen molar-refractivity contribution in [2.45, 2.75) is 39.3 Å². The van der Waals surface area contributed by atoms with Crippen LogP contribution in [0.15, 0.2) is 0 Å². The average Bonchev–Trinajstić information content (AvgIpc) is 3.25. The Balaban J connectivity index is 1.88. The third kappa shape index (κ3) is 2.48. The normalized spacial score (nSPS) is 20.2. The number of carbonyl (C=O) groups excluding carboxylic acids is 1. The van der Waals surface area contributed by atoms with Gasteiger partial charge in [0, 0.05) is 26.1 Å². The van der Waals surface area contributed by atoms with Gasteiger partial charge in [-0.15, -0.1) is 0 Å². The maximum Gasteiger partial charge on any atom is 0.407 e. The fourth-order valence-electron chi connectivity index (χ4n) is 3.52. The fraction of sp³-hybridized carbons (Fsp3) is 0.533. The first kappa shape index (κ1) is 16.0. The minimum atomic E-state index is -0.966. The van der Waals surface area contributed by atoms with Gasteiger partial charge in [0.15, 0.2) is 16.6 Å². The lowest BCUT2D eigenvalue weighted by molar-refractivity contribution is -0.117. The monoisotopic (exact) mass is 362 g/mol. The number of rotatable bonds is 2. The maximum absolute atomic E-state index is 12.3. The smallest absolute Gasteiger partial charge is 0.407 e. The minimum absolute atomic E-state index is 0.0283. The lowest BCUT2D eigenvalue weighted by atomic mass is 10.1. The highest BCUT2D eigenvalue weighted by Gasteiger charge is 2.37. The van der Waals surface area contributed by atoms with Crippen molar-refractivity contribution in [3.05, 3.63) is 11.5 Å². The summed E-state index contributed by atoms with van der Waals surface area (Å²) in [5.41, 5.74) is 0.756. The van der Waals surface area contributed by atoms with E-state index in [0.717, 1.165) is 12.1 Å². The number of hydrogen-bond donors (Lipinski definition) is 1. The molecule has 1 atom stereocenters. The molecule has 10 heteroatoms. The second kappa shape index (κ2) is 5.80. The highest BCUT2D eigenvalue weighted by Crippen LogP contribution is 2.38. The highest BCUT2D eigenvalue weighted by molar-refractivity contribution is 7.09. The molecule has 2 aliphatic heterocycles. The molecule has 0 unspecified atom stereocenters. The molecule has 1 N–H and O–H groups in total. The molecule has 0 radical (unpaired) electrons. The molecular weight excluding hydrogens is 344 g/mol. The topological polar surface area (TPSA) is 104 Å². The first-order chi connectivity index (χ1) is 12.0. The summed E-state index contributed by atoms with van der Waals surface area (Å²) in [7, 11) is 0. The van der Waals surface area contributed by atoms with E-state index in [0.29, 0.717) is 48.5 Å². The summed E-state index contributed by atoms with van der Waals surface area (Å²) in [5, 5.41) is 10.2. The van der Waals surface area contributed by atoms with Crippen LogP contribution < -0.4 is 4.90 Å². The number of aromatic nitrogens is 4. The van der Waals surface area contributed by atoms with Crippen LogP contribution in [0, 0.1) is 6.92 Å². The summed E-state index contributed by atoms with van der Waals surface area (Å²) in [6, 6.07) is -0.384. The number of aryl methyl sites for hydroxylation is 1. The molecule has 2 aromatic rings. The van der Waals surface area contributed by atoms with Crippen molar-refractivity contribution in [2.75, 3.05) is 18.0 Å². The van der Waals surface area contributed by atoms with Crippen LogP contribution in [0.5, 0.6) is 0 Å². The molecule has 2 aromatic heterocycles. The third-order valence-electron chi connectivity index (χ3n) is 4.71. The number of fused-ring (bicyclic) bond motifs is 1. The third-order valence-corrected chi connectivity index (χ3v) is 5.51. The van der Waals surface area contributed by atoms with Gasteiger partial charge in [-0.05, 0) is 31.8 Å². The summed E-state index contributed by atoms with van der Waals surface area (Å²) >= 11 is 1.26. The van der Waals surface area contributed by atoms with Crippen molar-refractivity contribution in [3.8, 4) is 10.8 Å². The number of carbonyl (C=O) groups is 2. The van der Waals surface area contributed by atoms with Crippen LogP contribution in [0.4, 0.5) is 10.6 Å². The van der Waals surface area contributed by atoms with E-state index < -0.39 is 6.09 Å². The first-order valence-corrected chi connectivity index (χ1v) is 8.95. The van der Waals surface area contributed by atoms with E-state index in [9.17, 15) is 14.7 Å².